The second kappa shape index (κ2) is 8.05. The summed E-state index contributed by atoms with van der Waals surface area (Å²) in [5.74, 6) is -0.173. The van der Waals surface area contributed by atoms with E-state index in [9.17, 15) is 14.9 Å². The van der Waals surface area contributed by atoms with Crippen molar-refractivity contribution in [1.29, 1.82) is 0 Å². The maximum absolute atomic E-state index is 12.0. The van der Waals surface area contributed by atoms with E-state index >= 15 is 0 Å². The average molecular weight is 428 g/mol. The quantitative estimate of drug-likeness (QED) is 0.481. The van der Waals surface area contributed by atoms with Crippen molar-refractivity contribution in [3.05, 3.63) is 28.3 Å². The first-order valence-electron chi connectivity index (χ1n) is 10.6. The molecule has 11 heteroatoms. The van der Waals surface area contributed by atoms with Crippen molar-refractivity contribution in [3.63, 3.8) is 0 Å². The van der Waals surface area contributed by atoms with E-state index in [-0.39, 0.29) is 34.4 Å². The Balaban J connectivity index is 1.68. The molecule has 3 aliphatic rings. The van der Waals surface area contributed by atoms with Gasteiger partial charge < -0.3 is 22.1 Å². The van der Waals surface area contributed by atoms with Crippen molar-refractivity contribution < 1.29 is 9.72 Å². The lowest BCUT2D eigenvalue weighted by atomic mass is 9.87. The zero-order valence-electron chi connectivity index (χ0n) is 17.4. The number of nitro benzene ring substituents is 1. The zero-order valence-corrected chi connectivity index (χ0v) is 17.4. The minimum absolute atomic E-state index is 0.0173. The van der Waals surface area contributed by atoms with Crippen LogP contribution in [0.5, 0.6) is 0 Å². The molecule has 2 fully saturated rings. The fourth-order valence-electron chi connectivity index (χ4n) is 4.96. The molecular weight excluding hydrogens is 400 g/mol. The largest absolute Gasteiger partial charge is 0.369 e. The summed E-state index contributed by atoms with van der Waals surface area (Å²) in [4.78, 5) is 35.5. The molecule has 4 rings (SSSR count). The van der Waals surface area contributed by atoms with Crippen molar-refractivity contribution in [1.82, 2.24) is 0 Å². The third-order valence-corrected chi connectivity index (χ3v) is 6.50. The van der Waals surface area contributed by atoms with Gasteiger partial charge in [-0.25, -0.2) is 4.99 Å². The first kappa shape index (κ1) is 20.9. The predicted octanol–water partition coefficient (Wildman–Crippen LogP) is 1.41. The van der Waals surface area contributed by atoms with E-state index in [1.165, 1.54) is 6.07 Å². The van der Waals surface area contributed by atoms with Crippen LogP contribution >= 0.6 is 0 Å². The second-order valence-electron chi connectivity index (χ2n) is 8.41. The van der Waals surface area contributed by atoms with Crippen LogP contribution in [0, 0.1) is 16.0 Å². The Bertz CT molecular complexity index is 946. The number of aliphatic imine (C=N–C) groups is 2. The highest BCUT2D eigenvalue weighted by atomic mass is 16.6. The first-order valence-corrected chi connectivity index (χ1v) is 10.6. The minimum atomic E-state index is -0.663. The smallest absolute Gasteiger partial charge is 0.294 e. The molecule has 166 valence electrons. The molecule has 0 unspecified atom stereocenters. The van der Waals surface area contributed by atoms with Crippen LogP contribution in [0.4, 0.5) is 17.1 Å². The number of benzene rings is 1. The summed E-state index contributed by atoms with van der Waals surface area (Å²) in [5, 5.41) is 12.0. The van der Waals surface area contributed by atoms with E-state index in [1.54, 1.807) is 11.0 Å². The highest BCUT2D eigenvalue weighted by Gasteiger charge is 2.43. The van der Waals surface area contributed by atoms with Gasteiger partial charge in [-0.2, -0.15) is 4.99 Å². The van der Waals surface area contributed by atoms with Gasteiger partial charge in [-0.1, -0.05) is 6.42 Å². The molecule has 1 saturated heterocycles. The summed E-state index contributed by atoms with van der Waals surface area (Å²) < 4.78 is 0. The maximum atomic E-state index is 12.0. The summed E-state index contributed by atoms with van der Waals surface area (Å²) in [6, 6.07) is 5.09. The van der Waals surface area contributed by atoms with Gasteiger partial charge in [0.2, 0.25) is 17.8 Å². The summed E-state index contributed by atoms with van der Waals surface area (Å²) in [7, 11) is 0. The molecule has 2 aliphatic heterocycles. The minimum Gasteiger partial charge on any atom is -0.369 e. The van der Waals surface area contributed by atoms with Gasteiger partial charge in [-0.3, -0.25) is 19.8 Å². The number of rotatable bonds is 4. The van der Waals surface area contributed by atoms with Gasteiger partial charge in [0, 0.05) is 25.1 Å². The molecule has 11 nitrogen and oxygen atoms in total. The van der Waals surface area contributed by atoms with Crippen LogP contribution in [0.2, 0.25) is 0 Å². The number of hydrogen-bond donors (Lipinski definition) is 3. The number of anilines is 2. The molecule has 0 bridgehead atoms. The van der Waals surface area contributed by atoms with Crippen molar-refractivity contribution in [3.8, 4) is 0 Å². The number of amides is 1. The lowest BCUT2D eigenvalue weighted by Gasteiger charge is -2.45. The van der Waals surface area contributed by atoms with Gasteiger partial charge >= 0.3 is 0 Å². The standard InChI is InChI=1S/C20H28N8O3/c21-17(29)13-6-10-26(11-7-13)15-5-4-14(12-16(15)28(30)31)27-19(23)24-18(22)25-20(27)8-2-1-3-9-20/h4-5,12-13H,1-3,6-11H2,(H2,21,29)(H4,22,23,24,25). The number of hydrogen-bond acceptors (Lipinski definition) is 9. The number of nitro groups is 1. The van der Waals surface area contributed by atoms with Crippen LogP contribution in [0.1, 0.15) is 44.9 Å². The molecule has 1 aromatic rings. The number of carbonyl (C=O) groups excluding carboxylic acids is 1. The number of guanidine groups is 2. The fourth-order valence-corrected chi connectivity index (χ4v) is 4.96. The van der Waals surface area contributed by atoms with Crippen molar-refractivity contribution in [2.75, 3.05) is 22.9 Å². The molecule has 0 atom stereocenters. The van der Waals surface area contributed by atoms with E-state index in [4.69, 9.17) is 17.2 Å². The second-order valence-corrected chi connectivity index (χ2v) is 8.41. The monoisotopic (exact) mass is 428 g/mol. The summed E-state index contributed by atoms with van der Waals surface area (Å²) >= 11 is 0. The topological polar surface area (TPSA) is 169 Å². The van der Waals surface area contributed by atoms with Crippen molar-refractivity contribution >= 4 is 34.9 Å². The Hall–Kier alpha value is -3.37. The highest BCUT2D eigenvalue weighted by Crippen LogP contribution is 2.42. The molecule has 2 heterocycles. The van der Waals surface area contributed by atoms with Crippen LogP contribution in [-0.2, 0) is 4.79 Å². The van der Waals surface area contributed by atoms with Gasteiger partial charge in [0.15, 0.2) is 0 Å². The molecule has 1 spiro atoms. The van der Waals surface area contributed by atoms with Gasteiger partial charge in [-0.15, -0.1) is 0 Å². The zero-order chi connectivity index (χ0) is 22.2. The Labute approximate surface area is 180 Å². The van der Waals surface area contributed by atoms with Crippen LogP contribution < -0.4 is 27.0 Å². The Morgan fingerprint density at radius 1 is 1.16 bits per heavy atom. The van der Waals surface area contributed by atoms with Crippen molar-refractivity contribution in [2.24, 2.45) is 33.1 Å². The van der Waals surface area contributed by atoms with Crippen LogP contribution in [-0.4, -0.2) is 41.5 Å². The predicted molar refractivity (Wildman–Crippen MR) is 119 cm³/mol. The van der Waals surface area contributed by atoms with Crippen LogP contribution in [0.3, 0.4) is 0 Å². The van der Waals surface area contributed by atoms with Crippen LogP contribution in [0.25, 0.3) is 0 Å². The Kier molecular flexibility index (Phi) is 5.42. The van der Waals surface area contributed by atoms with Crippen LogP contribution in [0.15, 0.2) is 28.2 Å². The first-order chi connectivity index (χ1) is 14.8. The van der Waals surface area contributed by atoms with E-state index in [2.05, 4.69) is 9.98 Å². The molecule has 0 aromatic heterocycles. The number of nitrogens with two attached hydrogens (primary N) is 3. The number of primary amides is 1. The number of nitrogens with zero attached hydrogens (tertiary/aromatic N) is 5. The lowest BCUT2D eigenvalue weighted by molar-refractivity contribution is -0.384. The Morgan fingerprint density at radius 3 is 2.45 bits per heavy atom. The average Bonchev–Trinajstić information content (AvgIpc) is 2.73. The number of piperidine rings is 1. The molecule has 6 N–H and O–H groups in total. The van der Waals surface area contributed by atoms with Gasteiger partial charge in [0.1, 0.15) is 11.4 Å². The third kappa shape index (κ3) is 3.87. The number of carbonyl (C=O) groups is 1. The molecule has 1 amide bonds. The third-order valence-electron chi connectivity index (χ3n) is 6.50. The Morgan fingerprint density at radius 2 is 1.84 bits per heavy atom. The van der Waals surface area contributed by atoms with E-state index in [0.717, 1.165) is 32.1 Å². The molecular formula is C20H28N8O3. The molecule has 0 radical (unpaired) electrons. The highest BCUT2D eigenvalue weighted by molar-refractivity contribution is 6.06. The van der Waals surface area contributed by atoms with E-state index < -0.39 is 5.66 Å². The molecule has 31 heavy (non-hydrogen) atoms. The summed E-state index contributed by atoms with van der Waals surface area (Å²) in [6.45, 7) is 1.07. The lowest BCUT2D eigenvalue weighted by Crippen LogP contribution is -2.58. The van der Waals surface area contributed by atoms with E-state index in [1.807, 2.05) is 11.0 Å². The van der Waals surface area contributed by atoms with Gasteiger partial charge in [0.25, 0.3) is 5.69 Å². The molecule has 1 saturated carbocycles. The van der Waals surface area contributed by atoms with Gasteiger partial charge in [-0.05, 0) is 50.7 Å². The SMILES string of the molecule is NC(=O)C1CCN(c2ccc(N3C(N)=NC(N)=NC34CCCCC4)cc2[N+](=O)[O-])CC1. The summed E-state index contributed by atoms with van der Waals surface area (Å²) in [6.07, 6.45) is 5.70. The molecule has 1 aliphatic carbocycles. The maximum Gasteiger partial charge on any atom is 0.294 e. The van der Waals surface area contributed by atoms with Gasteiger partial charge in [0.05, 0.1) is 10.6 Å². The fraction of sp³-hybridized carbons (Fsp3) is 0.550. The van der Waals surface area contributed by atoms with Crippen molar-refractivity contribution in [2.45, 2.75) is 50.6 Å². The van der Waals surface area contributed by atoms with E-state index in [0.29, 0.717) is 37.3 Å². The molecule has 1 aromatic carbocycles. The normalized spacial score (nSPS) is 21.5. The summed E-state index contributed by atoms with van der Waals surface area (Å²) in [5.41, 5.74) is 18.0.